The van der Waals surface area contributed by atoms with Gasteiger partial charge in [-0.1, -0.05) is 11.6 Å². The lowest BCUT2D eigenvalue weighted by atomic mass is 10.2. The number of rotatable bonds is 4. The molecular formula is C12H16O3. The first-order valence-electron chi connectivity index (χ1n) is 4.93. The van der Waals surface area contributed by atoms with Gasteiger partial charge < -0.3 is 9.15 Å². The number of hydrogen-bond acceptors (Lipinski definition) is 3. The third kappa shape index (κ3) is 3.27. The van der Waals surface area contributed by atoms with E-state index < -0.39 is 0 Å². The Morgan fingerprint density at radius 3 is 2.87 bits per heavy atom. The maximum absolute atomic E-state index is 11.4. The Kier molecular flexibility index (Phi) is 4.16. The van der Waals surface area contributed by atoms with E-state index in [-0.39, 0.29) is 5.43 Å². The summed E-state index contributed by atoms with van der Waals surface area (Å²) in [5, 5.41) is 0. The van der Waals surface area contributed by atoms with Crippen molar-refractivity contribution in [1.82, 2.24) is 0 Å². The molecule has 0 fully saturated rings. The molecule has 0 N–H and O–H groups in total. The summed E-state index contributed by atoms with van der Waals surface area (Å²) < 4.78 is 10.3. The van der Waals surface area contributed by atoms with Crippen molar-refractivity contribution in [2.24, 2.45) is 0 Å². The van der Waals surface area contributed by atoms with Gasteiger partial charge in [0.25, 0.3) is 0 Å². The molecule has 0 amide bonds. The van der Waals surface area contributed by atoms with Crippen molar-refractivity contribution in [2.45, 2.75) is 26.7 Å². The molecule has 0 unspecified atom stereocenters. The first kappa shape index (κ1) is 11.6. The van der Waals surface area contributed by atoms with Crippen LogP contribution in [0.3, 0.4) is 0 Å². The largest absolute Gasteiger partial charge is 0.490 e. The molecule has 0 aromatic carbocycles. The van der Waals surface area contributed by atoms with Crippen LogP contribution >= 0.6 is 0 Å². The SMILES string of the molecule is COc1c(CCC=C(C)C)occc1=O. The molecule has 1 aromatic rings. The van der Waals surface area contributed by atoms with E-state index in [1.165, 1.54) is 25.0 Å². The summed E-state index contributed by atoms with van der Waals surface area (Å²) in [5.41, 5.74) is 1.13. The van der Waals surface area contributed by atoms with Crippen LogP contribution < -0.4 is 10.2 Å². The van der Waals surface area contributed by atoms with Crippen molar-refractivity contribution >= 4 is 0 Å². The van der Waals surface area contributed by atoms with Crippen LogP contribution in [0.2, 0.25) is 0 Å². The first-order chi connectivity index (χ1) is 7.15. The summed E-state index contributed by atoms with van der Waals surface area (Å²) in [6.07, 6.45) is 5.05. The fourth-order valence-electron chi connectivity index (χ4n) is 1.32. The minimum atomic E-state index is -0.129. The van der Waals surface area contributed by atoms with Crippen LogP contribution in [0.1, 0.15) is 26.0 Å². The predicted octanol–water partition coefficient (Wildman–Crippen LogP) is 2.55. The lowest BCUT2D eigenvalue weighted by Crippen LogP contribution is -2.06. The highest BCUT2D eigenvalue weighted by atomic mass is 16.5. The van der Waals surface area contributed by atoms with Gasteiger partial charge in [-0.15, -0.1) is 0 Å². The van der Waals surface area contributed by atoms with E-state index in [4.69, 9.17) is 9.15 Å². The molecule has 3 heteroatoms. The van der Waals surface area contributed by atoms with Crippen LogP contribution in [0.25, 0.3) is 0 Å². The molecule has 0 radical (unpaired) electrons. The van der Waals surface area contributed by atoms with E-state index in [0.29, 0.717) is 17.9 Å². The normalized spacial score (nSPS) is 9.80. The van der Waals surface area contributed by atoms with Crippen LogP contribution in [0, 0.1) is 0 Å². The predicted molar refractivity (Wildman–Crippen MR) is 59.3 cm³/mol. The summed E-state index contributed by atoms with van der Waals surface area (Å²) >= 11 is 0. The summed E-state index contributed by atoms with van der Waals surface area (Å²) in [5.74, 6) is 0.933. The maximum atomic E-state index is 11.4. The number of hydrogen-bond donors (Lipinski definition) is 0. The number of ether oxygens (including phenoxy) is 1. The second-order valence-corrected chi connectivity index (χ2v) is 3.56. The standard InChI is InChI=1S/C12H16O3/c1-9(2)5-4-6-11-12(14-3)10(13)7-8-15-11/h5,7-8H,4,6H2,1-3H3. The van der Waals surface area contributed by atoms with Gasteiger partial charge in [0.1, 0.15) is 5.76 Å². The van der Waals surface area contributed by atoms with E-state index in [9.17, 15) is 4.79 Å². The molecule has 0 spiro atoms. The second kappa shape index (κ2) is 5.39. The molecule has 1 aromatic heterocycles. The monoisotopic (exact) mass is 208 g/mol. The van der Waals surface area contributed by atoms with E-state index in [1.54, 1.807) is 0 Å². The third-order valence-electron chi connectivity index (χ3n) is 2.03. The zero-order valence-electron chi connectivity index (χ0n) is 9.37. The van der Waals surface area contributed by atoms with Gasteiger partial charge in [-0.3, -0.25) is 4.79 Å². The highest BCUT2D eigenvalue weighted by Crippen LogP contribution is 2.14. The molecule has 1 rings (SSSR count). The topological polar surface area (TPSA) is 39.4 Å². The fraction of sp³-hybridized carbons (Fsp3) is 0.417. The van der Waals surface area contributed by atoms with Gasteiger partial charge in [0.15, 0.2) is 0 Å². The van der Waals surface area contributed by atoms with Crippen LogP contribution in [0.5, 0.6) is 5.75 Å². The molecule has 0 atom stereocenters. The highest BCUT2D eigenvalue weighted by Gasteiger charge is 2.07. The molecule has 0 bridgehead atoms. The van der Waals surface area contributed by atoms with Gasteiger partial charge in [-0.25, -0.2) is 0 Å². The van der Waals surface area contributed by atoms with E-state index in [0.717, 1.165) is 6.42 Å². The zero-order chi connectivity index (χ0) is 11.3. The molecular weight excluding hydrogens is 192 g/mol. The summed E-state index contributed by atoms with van der Waals surface area (Å²) in [4.78, 5) is 11.4. The van der Waals surface area contributed by atoms with Crippen molar-refractivity contribution < 1.29 is 9.15 Å². The van der Waals surface area contributed by atoms with Crippen molar-refractivity contribution in [3.05, 3.63) is 40.0 Å². The van der Waals surface area contributed by atoms with Gasteiger partial charge in [-0.2, -0.15) is 0 Å². The minimum absolute atomic E-state index is 0.129. The molecule has 1 heterocycles. The molecule has 82 valence electrons. The van der Waals surface area contributed by atoms with Gasteiger partial charge in [0.05, 0.1) is 13.4 Å². The van der Waals surface area contributed by atoms with Crippen molar-refractivity contribution in [1.29, 1.82) is 0 Å². The Balaban J connectivity index is 2.81. The second-order valence-electron chi connectivity index (χ2n) is 3.56. The summed E-state index contributed by atoms with van der Waals surface area (Å²) in [7, 11) is 1.48. The number of aryl methyl sites for hydroxylation is 1. The molecule has 3 nitrogen and oxygen atoms in total. The van der Waals surface area contributed by atoms with E-state index in [1.807, 2.05) is 13.8 Å². The Labute approximate surface area is 89.4 Å². The smallest absolute Gasteiger partial charge is 0.226 e. The summed E-state index contributed by atoms with van der Waals surface area (Å²) in [6.45, 7) is 4.08. The zero-order valence-corrected chi connectivity index (χ0v) is 9.37. The average molecular weight is 208 g/mol. The Bertz CT molecular complexity index is 398. The third-order valence-corrected chi connectivity index (χ3v) is 2.03. The van der Waals surface area contributed by atoms with Crippen molar-refractivity contribution in [2.75, 3.05) is 7.11 Å². The van der Waals surface area contributed by atoms with Crippen LogP contribution in [0.4, 0.5) is 0 Å². The number of allylic oxidation sites excluding steroid dienone is 2. The highest BCUT2D eigenvalue weighted by molar-refractivity contribution is 5.24. The number of methoxy groups -OCH3 is 1. The molecule has 15 heavy (non-hydrogen) atoms. The molecule has 0 saturated heterocycles. The molecule has 0 aliphatic heterocycles. The van der Waals surface area contributed by atoms with Crippen LogP contribution in [0.15, 0.2) is 33.2 Å². The Morgan fingerprint density at radius 1 is 1.53 bits per heavy atom. The lowest BCUT2D eigenvalue weighted by Gasteiger charge is -2.04. The van der Waals surface area contributed by atoms with Gasteiger partial charge in [0.2, 0.25) is 11.2 Å². The van der Waals surface area contributed by atoms with Gasteiger partial charge >= 0.3 is 0 Å². The van der Waals surface area contributed by atoms with Crippen molar-refractivity contribution in [3.63, 3.8) is 0 Å². The molecule has 0 aliphatic carbocycles. The summed E-state index contributed by atoms with van der Waals surface area (Å²) in [6, 6.07) is 1.36. The fourth-order valence-corrected chi connectivity index (χ4v) is 1.32. The maximum Gasteiger partial charge on any atom is 0.226 e. The lowest BCUT2D eigenvalue weighted by molar-refractivity contribution is 0.367. The van der Waals surface area contributed by atoms with Gasteiger partial charge in [0, 0.05) is 12.5 Å². The van der Waals surface area contributed by atoms with Gasteiger partial charge in [-0.05, 0) is 20.3 Å². The van der Waals surface area contributed by atoms with Crippen LogP contribution in [-0.2, 0) is 6.42 Å². The molecule has 0 aliphatic rings. The molecule has 0 saturated carbocycles. The Morgan fingerprint density at radius 2 is 2.27 bits per heavy atom. The van der Waals surface area contributed by atoms with E-state index in [2.05, 4.69) is 6.08 Å². The van der Waals surface area contributed by atoms with Crippen molar-refractivity contribution in [3.8, 4) is 5.75 Å². The van der Waals surface area contributed by atoms with E-state index >= 15 is 0 Å². The van der Waals surface area contributed by atoms with Crippen LogP contribution in [-0.4, -0.2) is 7.11 Å². The first-order valence-corrected chi connectivity index (χ1v) is 4.93. The minimum Gasteiger partial charge on any atom is -0.490 e. The average Bonchev–Trinajstić information content (AvgIpc) is 2.17. The Hall–Kier alpha value is -1.51. The quantitative estimate of drug-likeness (QED) is 0.714.